The SMILES string of the molecule is C=C/C=C(\C=C)CNC.CCCCCOCCOCC. The summed E-state index contributed by atoms with van der Waals surface area (Å²) in [7, 11) is 1.90. The van der Waals surface area contributed by atoms with E-state index in [1.165, 1.54) is 19.3 Å². The van der Waals surface area contributed by atoms with Crippen molar-refractivity contribution in [2.75, 3.05) is 40.0 Å². The molecule has 118 valence electrons. The van der Waals surface area contributed by atoms with E-state index in [0.717, 1.165) is 38.5 Å². The third kappa shape index (κ3) is 19.4. The molecule has 1 N–H and O–H groups in total. The molecule has 0 bridgehead atoms. The molecule has 0 saturated carbocycles. The zero-order valence-electron chi connectivity index (χ0n) is 13.6. The lowest BCUT2D eigenvalue weighted by atomic mass is 10.2. The van der Waals surface area contributed by atoms with E-state index in [4.69, 9.17) is 9.47 Å². The van der Waals surface area contributed by atoms with Crippen LogP contribution in [0.5, 0.6) is 0 Å². The molecule has 0 saturated heterocycles. The molecule has 3 heteroatoms. The van der Waals surface area contributed by atoms with Crippen LogP contribution in [0.3, 0.4) is 0 Å². The lowest BCUT2D eigenvalue weighted by Crippen LogP contribution is -2.08. The van der Waals surface area contributed by atoms with Crippen LogP contribution < -0.4 is 5.32 Å². The second kappa shape index (κ2) is 20.4. The third-order valence-corrected chi connectivity index (χ3v) is 2.44. The highest BCUT2D eigenvalue weighted by atomic mass is 16.5. The Morgan fingerprint density at radius 1 is 1.05 bits per heavy atom. The van der Waals surface area contributed by atoms with E-state index in [1.807, 2.05) is 26.1 Å². The molecule has 0 atom stereocenters. The molecule has 0 aromatic rings. The maximum Gasteiger partial charge on any atom is 0.0700 e. The number of nitrogens with one attached hydrogen (secondary N) is 1. The predicted molar refractivity (Wildman–Crippen MR) is 89.2 cm³/mol. The molecule has 0 fully saturated rings. The Kier molecular flexibility index (Phi) is 21.8. The van der Waals surface area contributed by atoms with Crippen LogP contribution in [0.1, 0.15) is 33.1 Å². The van der Waals surface area contributed by atoms with Crippen LogP contribution in [0.25, 0.3) is 0 Å². The molecule has 0 aromatic heterocycles. The zero-order chi connectivity index (χ0) is 15.5. The molecule has 20 heavy (non-hydrogen) atoms. The predicted octanol–water partition coefficient (Wildman–Crippen LogP) is 3.73. The Hall–Kier alpha value is -0.900. The van der Waals surface area contributed by atoms with Crippen LogP contribution in [-0.4, -0.2) is 40.0 Å². The molecule has 0 radical (unpaired) electrons. The van der Waals surface area contributed by atoms with E-state index in [9.17, 15) is 0 Å². The second-order valence-electron chi connectivity index (χ2n) is 4.23. The molecule has 0 unspecified atom stereocenters. The third-order valence-electron chi connectivity index (χ3n) is 2.44. The fourth-order valence-electron chi connectivity index (χ4n) is 1.37. The summed E-state index contributed by atoms with van der Waals surface area (Å²) in [5.41, 5.74) is 1.16. The van der Waals surface area contributed by atoms with Crippen LogP contribution in [0, 0.1) is 0 Å². The van der Waals surface area contributed by atoms with Crippen molar-refractivity contribution in [2.45, 2.75) is 33.1 Å². The number of rotatable bonds is 12. The number of hydrogen-bond acceptors (Lipinski definition) is 3. The smallest absolute Gasteiger partial charge is 0.0700 e. The number of ether oxygens (including phenoxy) is 2. The zero-order valence-corrected chi connectivity index (χ0v) is 13.6. The van der Waals surface area contributed by atoms with Gasteiger partial charge in [0, 0.05) is 19.8 Å². The Labute approximate surface area is 125 Å². The summed E-state index contributed by atoms with van der Waals surface area (Å²) in [5.74, 6) is 0. The van der Waals surface area contributed by atoms with Gasteiger partial charge in [0.25, 0.3) is 0 Å². The number of allylic oxidation sites excluding steroid dienone is 2. The van der Waals surface area contributed by atoms with Gasteiger partial charge in [-0.2, -0.15) is 0 Å². The van der Waals surface area contributed by atoms with Crippen LogP contribution >= 0.6 is 0 Å². The minimum atomic E-state index is 0.739. The molecule has 0 heterocycles. The van der Waals surface area contributed by atoms with Crippen molar-refractivity contribution >= 4 is 0 Å². The van der Waals surface area contributed by atoms with Crippen LogP contribution in [-0.2, 0) is 9.47 Å². The summed E-state index contributed by atoms with van der Waals surface area (Å²) in [4.78, 5) is 0. The molecule has 0 aliphatic rings. The Morgan fingerprint density at radius 2 is 1.75 bits per heavy atom. The van der Waals surface area contributed by atoms with Gasteiger partial charge >= 0.3 is 0 Å². The molecular formula is C17H33NO2. The van der Waals surface area contributed by atoms with Crippen molar-refractivity contribution in [3.05, 3.63) is 37.0 Å². The average molecular weight is 283 g/mol. The standard InChI is InChI=1S/C9H20O2.C8H13N/c1-3-5-6-7-11-9-8-10-4-2;1-4-6-8(5-2)7-9-3/h3-9H2,1-2H3;4-6,9H,1-2,7H2,3H3/b;8-6+. The molecular weight excluding hydrogens is 250 g/mol. The van der Waals surface area contributed by atoms with Gasteiger partial charge in [-0.25, -0.2) is 0 Å². The van der Waals surface area contributed by atoms with Crippen molar-refractivity contribution in [2.24, 2.45) is 0 Å². The van der Waals surface area contributed by atoms with E-state index >= 15 is 0 Å². The van der Waals surface area contributed by atoms with E-state index in [-0.39, 0.29) is 0 Å². The molecule has 0 aliphatic carbocycles. The van der Waals surface area contributed by atoms with Crippen LogP contribution in [0.15, 0.2) is 37.0 Å². The lowest BCUT2D eigenvalue weighted by molar-refractivity contribution is 0.0514. The van der Waals surface area contributed by atoms with Crippen molar-refractivity contribution in [1.29, 1.82) is 0 Å². The fraction of sp³-hybridized carbons (Fsp3) is 0.647. The first kappa shape index (κ1) is 21.4. The topological polar surface area (TPSA) is 30.5 Å². The van der Waals surface area contributed by atoms with Gasteiger partial charge in [-0.1, -0.05) is 51.2 Å². The monoisotopic (exact) mass is 283 g/mol. The van der Waals surface area contributed by atoms with E-state index in [0.29, 0.717) is 0 Å². The average Bonchev–Trinajstić information content (AvgIpc) is 2.47. The van der Waals surface area contributed by atoms with Crippen molar-refractivity contribution in [1.82, 2.24) is 5.32 Å². The molecule has 0 aromatic carbocycles. The van der Waals surface area contributed by atoms with Gasteiger partial charge in [0.2, 0.25) is 0 Å². The molecule has 0 amide bonds. The number of likely N-dealkylation sites (N-methyl/N-ethyl adjacent to an activating group) is 1. The minimum absolute atomic E-state index is 0.739. The van der Waals surface area contributed by atoms with Gasteiger partial charge in [0.05, 0.1) is 13.2 Å². The van der Waals surface area contributed by atoms with Gasteiger partial charge in [0.1, 0.15) is 0 Å². The maximum atomic E-state index is 5.31. The van der Waals surface area contributed by atoms with Crippen molar-refractivity contribution < 1.29 is 9.47 Å². The number of unbranched alkanes of at least 4 members (excludes halogenated alkanes) is 2. The normalized spacial score (nSPS) is 10.7. The Bertz CT molecular complexity index is 229. The van der Waals surface area contributed by atoms with E-state index in [1.54, 1.807) is 6.08 Å². The lowest BCUT2D eigenvalue weighted by Gasteiger charge is -2.02. The summed E-state index contributed by atoms with van der Waals surface area (Å²) < 4.78 is 10.4. The van der Waals surface area contributed by atoms with Gasteiger partial charge in [0.15, 0.2) is 0 Å². The quantitative estimate of drug-likeness (QED) is 0.437. The van der Waals surface area contributed by atoms with Crippen molar-refractivity contribution in [3.8, 4) is 0 Å². The fourth-order valence-corrected chi connectivity index (χ4v) is 1.37. The highest BCUT2D eigenvalue weighted by Crippen LogP contribution is 1.93. The highest BCUT2D eigenvalue weighted by Gasteiger charge is 1.87. The summed E-state index contributed by atoms with van der Waals surface area (Å²) in [6.45, 7) is 15.4. The molecule has 3 nitrogen and oxygen atoms in total. The second-order valence-corrected chi connectivity index (χ2v) is 4.23. The van der Waals surface area contributed by atoms with Gasteiger partial charge in [-0.3, -0.25) is 0 Å². The first-order valence-corrected chi connectivity index (χ1v) is 7.50. The van der Waals surface area contributed by atoms with Crippen LogP contribution in [0.2, 0.25) is 0 Å². The first-order chi connectivity index (χ1) is 9.76. The summed E-state index contributed by atoms with van der Waals surface area (Å²) in [6, 6.07) is 0. The van der Waals surface area contributed by atoms with E-state index in [2.05, 4.69) is 25.4 Å². The molecule has 0 spiro atoms. The molecule has 0 aliphatic heterocycles. The summed E-state index contributed by atoms with van der Waals surface area (Å²) in [6.07, 6.45) is 9.22. The molecule has 0 rings (SSSR count). The Balaban J connectivity index is 0. The summed E-state index contributed by atoms with van der Waals surface area (Å²) >= 11 is 0. The van der Waals surface area contributed by atoms with Gasteiger partial charge < -0.3 is 14.8 Å². The van der Waals surface area contributed by atoms with Gasteiger partial charge in [-0.05, 0) is 26.0 Å². The number of hydrogen-bond donors (Lipinski definition) is 1. The minimum Gasteiger partial charge on any atom is -0.379 e. The van der Waals surface area contributed by atoms with Crippen LogP contribution in [0.4, 0.5) is 0 Å². The first-order valence-electron chi connectivity index (χ1n) is 7.50. The largest absolute Gasteiger partial charge is 0.379 e. The summed E-state index contributed by atoms with van der Waals surface area (Å²) in [5, 5.41) is 3.02. The van der Waals surface area contributed by atoms with E-state index < -0.39 is 0 Å². The highest BCUT2D eigenvalue weighted by molar-refractivity contribution is 5.22. The van der Waals surface area contributed by atoms with Gasteiger partial charge in [-0.15, -0.1) is 0 Å². The Morgan fingerprint density at radius 3 is 2.25 bits per heavy atom. The maximum absolute atomic E-state index is 5.31. The van der Waals surface area contributed by atoms with Crippen molar-refractivity contribution in [3.63, 3.8) is 0 Å².